The number of nitrogens with zero attached hydrogens (tertiary/aromatic N) is 2. The number of para-hydroxylation sites is 1. The van der Waals surface area contributed by atoms with E-state index in [-0.39, 0.29) is 22.8 Å². The van der Waals surface area contributed by atoms with Gasteiger partial charge in [0.05, 0.1) is 17.0 Å². The highest BCUT2D eigenvalue weighted by molar-refractivity contribution is 7.92. The van der Waals surface area contributed by atoms with Crippen molar-refractivity contribution in [2.75, 3.05) is 23.7 Å². The highest BCUT2D eigenvalue weighted by Crippen LogP contribution is 2.27. The molecule has 1 atom stereocenters. The topological polar surface area (TPSA) is 86.8 Å². The lowest BCUT2D eigenvalue weighted by atomic mass is 10.1. The van der Waals surface area contributed by atoms with Crippen molar-refractivity contribution in [2.24, 2.45) is 0 Å². The molecule has 2 amide bonds. The van der Waals surface area contributed by atoms with Gasteiger partial charge in [0.1, 0.15) is 18.4 Å². The summed E-state index contributed by atoms with van der Waals surface area (Å²) in [5, 5.41) is 2.87. The molecule has 2 aromatic carbocycles. The quantitative estimate of drug-likeness (QED) is 0.562. The second kappa shape index (κ2) is 11.3. The van der Waals surface area contributed by atoms with Gasteiger partial charge in [-0.05, 0) is 31.5 Å². The van der Waals surface area contributed by atoms with Crippen LogP contribution in [0.5, 0.6) is 0 Å². The van der Waals surface area contributed by atoms with Gasteiger partial charge in [0.2, 0.25) is 21.8 Å². The molecule has 1 N–H and O–H groups in total. The van der Waals surface area contributed by atoms with Gasteiger partial charge in [-0.2, -0.15) is 0 Å². The summed E-state index contributed by atoms with van der Waals surface area (Å²) in [7, 11) is -3.88. The van der Waals surface area contributed by atoms with Gasteiger partial charge in [0.15, 0.2) is 0 Å². The van der Waals surface area contributed by atoms with Crippen molar-refractivity contribution < 1.29 is 22.4 Å². The smallest absolute Gasteiger partial charge is 0.244 e. The lowest BCUT2D eigenvalue weighted by Crippen LogP contribution is -2.51. The molecule has 0 aliphatic heterocycles. The van der Waals surface area contributed by atoms with Crippen molar-refractivity contribution in [3.63, 3.8) is 0 Å². The number of hydrogen-bond donors (Lipinski definition) is 1. The molecule has 0 heterocycles. The molecular formula is C22H27ClFN3O4S. The summed E-state index contributed by atoms with van der Waals surface area (Å²) in [6, 6.07) is 11.2. The number of sulfonamides is 1. The first-order chi connectivity index (χ1) is 15.1. The van der Waals surface area contributed by atoms with Crippen molar-refractivity contribution in [3.8, 4) is 0 Å². The van der Waals surface area contributed by atoms with Crippen molar-refractivity contribution in [1.82, 2.24) is 10.2 Å². The molecule has 32 heavy (non-hydrogen) atoms. The minimum atomic E-state index is -3.88. The van der Waals surface area contributed by atoms with E-state index in [1.165, 1.54) is 42.2 Å². The number of amides is 2. The molecule has 10 heteroatoms. The van der Waals surface area contributed by atoms with E-state index in [2.05, 4.69) is 5.32 Å². The maximum Gasteiger partial charge on any atom is 0.244 e. The predicted octanol–water partition coefficient (Wildman–Crippen LogP) is 3.19. The number of nitrogens with one attached hydrogen (secondary N) is 1. The zero-order valence-electron chi connectivity index (χ0n) is 18.2. The van der Waals surface area contributed by atoms with Crippen LogP contribution in [0.1, 0.15) is 25.8 Å². The van der Waals surface area contributed by atoms with Gasteiger partial charge in [-0.25, -0.2) is 12.8 Å². The zero-order chi connectivity index (χ0) is 23.9. The van der Waals surface area contributed by atoms with Gasteiger partial charge >= 0.3 is 0 Å². The molecule has 2 aromatic rings. The SMILES string of the molecule is CCCNC(=O)[C@@H](C)N(Cc1ccccc1F)C(=O)CN(c1ccccc1Cl)S(C)(=O)=O. The number of carbonyl (C=O) groups excluding carboxylic acids is 2. The Morgan fingerprint density at radius 2 is 1.75 bits per heavy atom. The Bertz CT molecular complexity index is 1060. The summed E-state index contributed by atoms with van der Waals surface area (Å²) < 4.78 is 40.1. The van der Waals surface area contributed by atoms with Gasteiger partial charge in [-0.15, -0.1) is 0 Å². The monoisotopic (exact) mass is 483 g/mol. The van der Waals surface area contributed by atoms with Crippen LogP contribution in [0, 0.1) is 5.82 Å². The van der Waals surface area contributed by atoms with Crippen LogP contribution in [0.15, 0.2) is 48.5 Å². The largest absolute Gasteiger partial charge is 0.354 e. The molecule has 7 nitrogen and oxygen atoms in total. The summed E-state index contributed by atoms with van der Waals surface area (Å²) in [6.07, 6.45) is 1.66. The van der Waals surface area contributed by atoms with Crippen LogP contribution in [0.2, 0.25) is 5.02 Å². The molecule has 0 aliphatic carbocycles. The fraction of sp³-hybridized carbons (Fsp3) is 0.364. The highest BCUT2D eigenvalue weighted by atomic mass is 35.5. The Labute approximate surface area is 193 Å². The average Bonchev–Trinajstić information content (AvgIpc) is 2.74. The number of rotatable bonds is 10. The molecule has 0 aliphatic rings. The number of hydrogen-bond acceptors (Lipinski definition) is 4. The van der Waals surface area contributed by atoms with E-state index in [4.69, 9.17) is 11.6 Å². The molecule has 0 fully saturated rings. The Morgan fingerprint density at radius 1 is 1.12 bits per heavy atom. The second-order valence-corrected chi connectivity index (χ2v) is 9.62. The molecule has 0 aromatic heterocycles. The summed E-state index contributed by atoms with van der Waals surface area (Å²) in [5.41, 5.74) is 0.346. The number of carbonyl (C=O) groups is 2. The first kappa shape index (κ1) is 25.6. The first-order valence-electron chi connectivity index (χ1n) is 10.1. The first-order valence-corrected chi connectivity index (χ1v) is 12.3. The van der Waals surface area contributed by atoms with Crippen LogP contribution in [-0.4, -0.2) is 50.5 Å². The van der Waals surface area contributed by atoms with Crippen molar-refractivity contribution in [2.45, 2.75) is 32.9 Å². The molecule has 0 radical (unpaired) electrons. The third-order valence-corrected chi connectivity index (χ3v) is 6.26. The Kier molecular flexibility index (Phi) is 9.03. The van der Waals surface area contributed by atoms with E-state index < -0.39 is 40.2 Å². The molecule has 0 spiro atoms. The van der Waals surface area contributed by atoms with E-state index in [0.29, 0.717) is 13.0 Å². The Balaban J connectivity index is 2.40. The highest BCUT2D eigenvalue weighted by Gasteiger charge is 2.31. The zero-order valence-corrected chi connectivity index (χ0v) is 19.8. The standard InChI is InChI=1S/C22H27ClFN3O4S/c1-4-13-25-22(29)16(2)26(14-17-9-5-7-11-19(17)24)21(28)15-27(32(3,30)31)20-12-8-6-10-18(20)23/h5-12,16H,4,13-15H2,1-3H3,(H,25,29)/t16-/m1/s1. The van der Waals surface area contributed by atoms with E-state index in [9.17, 15) is 22.4 Å². The summed E-state index contributed by atoms with van der Waals surface area (Å²) in [6.45, 7) is 3.03. The van der Waals surface area contributed by atoms with Crippen molar-refractivity contribution in [3.05, 3.63) is 64.9 Å². The van der Waals surface area contributed by atoms with Crippen LogP contribution in [-0.2, 0) is 26.2 Å². The van der Waals surface area contributed by atoms with Gasteiger partial charge < -0.3 is 10.2 Å². The number of benzene rings is 2. The lowest BCUT2D eigenvalue weighted by molar-refractivity contribution is -0.139. The molecule has 0 bridgehead atoms. The van der Waals surface area contributed by atoms with Crippen LogP contribution in [0.4, 0.5) is 10.1 Å². The number of anilines is 1. The Morgan fingerprint density at radius 3 is 2.34 bits per heavy atom. The fourth-order valence-electron chi connectivity index (χ4n) is 3.04. The summed E-state index contributed by atoms with van der Waals surface area (Å²) in [5.74, 6) is -1.62. The van der Waals surface area contributed by atoms with Crippen LogP contribution < -0.4 is 9.62 Å². The molecule has 0 unspecified atom stereocenters. The second-order valence-electron chi connectivity index (χ2n) is 7.30. The third-order valence-electron chi connectivity index (χ3n) is 4.82. The van der Waals surface area contributed by atoms with E-state index in [1.54, 1.807) is 18.2 Å². The van der Waals surface area contributed by atoms with Crippen LogP contribution in [0.3, 0.4) is 0 Å². The van der Waals surface area contributed by atoms with Gasteiger partial charge in [0, 0.05) is 18.7 Å². The van der Waals surface area contributed by atoms with Crippen molar-refractivity contribution in [1.29, 1.82) is 0 Å². The maximum absolute atomic E-state index is 14.3. The minimum Gasteiger partial charge on any atom is -0.354 e. The molecule has 174 valence electrons. The average molecular weight is 484 g/mol. The van der Waals surface area contributed by atoms with Gasteiger partial charge in [0.25, 0.3) is 0 Å². The third kappa shape index (κ3) is 6.67. The molecule has 2 rings (SSSR count). The predicted molar refractivity (Wildman–Crippen MR) is 123 cm³/mol. The molecular weight excluding hydrogens is 457 g/mol. The van der Waals surface area contributed by atoms with E-state index in [0.717, 1.165) is 10.6 Å². The minimum absolute atomic E-state index is 0.138. The van der Waals surface area contributed by atoms with Crippen LogP contribution >= 0.6 is 11.6 Å². The van der Waals surface area contributed by atoms with Gasteiger partial charge in [-0.3, -0.25) is 13.9 Å². The molecule has 0 saturated heterocycles. The summed E-state index contributed by atoms with van der Waals surface area (Å²) in [4.78, 5) is 27.0. The lowest BCUT2D eigenvalue weighted by Gasteiger charge is -2.31. The van der Waals surface area contributed by atoms with Crippen LogP contribution in [0.25, 0.3) is 0 Å². The fourth-order valence-corrected chi connectivity index (χ4v) is 4.19. The van der Waals surface area contributed by atoms with Gasteiger partial charge in [-0.1, -0.05) is 48.9 Å². The number of halogens is 2. The molecule has 0 saturated carbocycles. The summed E-state index contributed by atoms with van der Waals surface area (Å²) >= 11 is 6.16. The maximum atomic E-state index is 14.3. The van der Waals surface area contributed by atoms with Crippen molar-refractivity contribution >= 4 is 39.1 Å². The van der Waals surface area contributed by atoms with E-state index in [1.807, 2.05) is 6.92 Å². The Hall–Kier alpha value is -2.65. The van der Waals surface area contributed by atoms with E-state index >= 15 is 0 Å². The normalized spacial score (nSPS) is 12.2.